The molecule has 5 N–H and O–H groups in total. The maximum absolute atomic E-state index is 11.2. The first-order chi connectivity index (χ1) is 6.99. The van der Waals surface area contributed by atoms with Gasteiger partial charge in [0.25, 0.3) is 0 Å². The molecule has 0 heterocycles. The number of carbonyl (C=O) groups is 2. The van der Waals surface area contributed by atoms with E-state index in [9.17, 15) is 9.59 Å². The number of hydrogen-bond donors (Lipinski definition) is 4. The van der Waals surface area contributed by atoms with E-state index in [1.807, 2.05) is 0 Å². The Morgan fingerprint density at radius 3 is 2.20 bits per heavy atom. The first-order valence-electron chi connectivity index (χ1n) is 4.86. The van der Waals surface area contributed by atoms with Crippen molar-refractivity contribution in [1.82, 2.24) is 0 Å². The predicted molar refractivity (Wildman–Crippen MR) is 60.9 cm³/mol. The highest BCUT2D eigenvalue weighted by Gasteiger charge is 2.15. The van der Waals surface area contributed by atoms with Crippen LogP contribution in [0.2, 0.25) is 0 Å². The molecule has 2 unspecified atom stereocenters. The third kappa shape index (κ3) is 6.48. The largest absolute Gasteiger partial charge is 0.480 e. The number of carbonyl (C=O) groups excluding carboxylic acids is 1. The summed E-state index contributed by atoms with van der Waals surface area (Å²) in [5, 5.41) is 8.51. The van der Waals surface area contributed by atoms with Gasteiger partial charge in [0.15, 0.2) is 0 Å². The summed E-state index contributed by atoms with van der Waals surface area (Å²) in [5.41, 5.74) is 10.9. The van der Waals surface area contributed by atoms with Crippen LogP contribution >= 0.6 is 12.6 Å². The summed E-state index contributed by atoms with van der Waals surface area (Å²) >= 11 is 3.93. The van der Waals surface area contributed by atoms with Gasteiger partial charge >= 0.3 is 5.97 Å². The van der Waals surface area contributed by atoms with Crippen LogP contribution in [0.4, 0.5) is 0 Å². The summed E-state index contributed by atoms with van der Waals surface area (Å²) in [6.07, 6.45) is 1.73. The SMILES string of the molecule is NC(CCCC(N)C(=O)CCS)C(=O)O. The molecule has 0 aromatic heterocycles. The lowest BCUT2D eigenvalue weighted by Crippen LogP contribution is -2.33. The van der Waals surface area contributed by atoms with Crippen LogP contribution in [0.1, 0.15) is 25.7 Å². The predicted octanol–water partition coefficient (Wildman–Crippen LogP) is -0.215. The first-order valence-corrected chi connectivity index (χ1v) is 5.49. The molecule has 88 valence electrons. The molecule has 0 aromatic rings. The summed E-state index contributed by atoms with van der Waals surface area (Å²) in [6.45, 7) is 0. The fourth-order valence-electron chi connectivity index (χ4n) is 1.14. The lowest BCUT2D eigenvalue weighted by molar-refractivity contribution is -0.138. The molecular formula is C9H18N2O3S. The Labute approximate surface area is 94.6 Å². The second-order valence-electron chi connectivity index (χ2n) is 3.42. The molecule has 5 nitrogen and oxygen atoms in total. The first kappa shape index (κ1) is 14.4. The van der Waals surface area contributed by atoms with E-state index < -0.39 is 18.1 Å². The molecule has 0 saturated carbocycles. The molecule has 0 aliphatic carbocycles. The number of thiol groups is 1. The van der Waals surface area contributed by atoms with E-state index in [1.54, 1.807) is 0 Å². The second kappa shape index (κ2) is 7.67. The van der Waals surface area contributed by atoms with Crippen molar-refractivity contribution in [3.63, 3.8) is 0 Å². The van der Waals surface area contributed by atoms with E-state index in [0.717, 1.165) is 0 Å². The molecule has 0 aliphatic rings. The molecule has 2 atom stereocenters. The normalized spacial score (nSPS) is 14.6. The van der Waals surface area contributed by atoms with Crippen LogP contribution in [0, 0.1) is 0 Å². The lowest BCUT2D eigenvalue weighted by atomic mass is 10.0. The Kier molecular flexibility index (Phi) is 7.37. The maximum atomic E-state index is 11.2. The van der Waals surface area contributed by atoms with Gasteiger partial charge in [-0.15, -0.1) is 0 Å². The molecule has 0 amide bonds. The summed E-state index contributed by atoms with van der Waals surface area (Å²) in [4.78, 5) is 21.6. The van der Waals surface area contributed by atoms with Gasteiger partial charge in [-0.25, -0.2) is 0 Å². The minimum absolute atomic E-state index is 0.0334. The molecule has 0 aliphatic heterocycles. The molecule has 0 fully saturated rings. The van der Waals surface area contributed by atoms with Gasteiger partial charge in [0.05, 0.1) is 6.04 Å². The van der Waals surface area contributed by atoms with Gasteiger partial charge in [0.1, 0.15) is 11.8 Å². The van der Waals surface area contributed by atoms with Crippen molar-refractivity contribution in [3.8, 4) is 0 Å². The average Bonchev–Trinajstić information content (AvgIpc) is 2.17. The maximum Gasteiger partial charge on any atom is 0.320 e. The minimum Gasteiger partial charge on any atom is -0.480 e. The number of ketones is 1. The Balaban J connectivity index is 3.67. The Morgan fingerprint density at radius 1 is 1.20 bits per heavy atom. The van der Waals surface area contributed by atoms with Crippen LogP contribution in [-0.2, 0) is 9.59 Å². The quantitative estimate of drug-likeness (QED) is 0.435. The molecule has 0 radical (unpaired) electrons. The van der Waals surface area contributed by atoms with Crippen LogP contribution in [0.25, 0.3) is 0 Å². The van der Waals surface area contributed by atoms with Crippen LogP contribution in [0.5, 0.6) is 0 Å². The zero-order valence-corrected chi connectivity index (χ0v) is 9.45. The van der Waals surface area contributed by atoms with Gasteiger partial charge in [-0.2, -0.15) is 12.6 Å². The molecule has 0 saturated heterocycles. The number of carboxylic acids is 1. The van der Waals surface area contributed by atoms with Gasteiger partial charge in [-0.1, -0.05) is 0 Å². The number of hydrogen-bond acceptors (Lipinski definition) is 5. The smallest absolute Gasteiger partial charge is 0.320 e. The monoisotopic (exact) mass is 234 g/mol. The Morgan fingerprint density at radius 2 is 1.73 bits per heavy atom. The highest BCUT2D eigenvalue weighted by Crippen LogP contribution is 2.04. The van der Waals surface area contributed by atoms with Crippen molar-refractivity contribution in [2.24, 2.45) is 11.5 Å². The van der Waals surface area contributed by atoms with Crippen molar-refractivity contribution < 1.29 is 14.7 Å². The Hall–Kier alpha value is -0.590. The summed E-state index contributed by atoms with van der Waals surface area (Å²) < 4.78 is 0. The highest BCUT2D eigenvalue weighted by atomic mass is 32.1. The highest BCUT2D eigenvalue weighted by molar-refractivity contribution is 7.80. The summed E-state index contributed by atoms with van der Waals surface area (Å²) in [5.74, 6) is -0.569. The van der Waals surface area contributed by atoms with E-state index in [4.69, 9.17) is 16.6 Å². The molecule has 15 heavy (non-hydrogen) atoms. The van der Waals surface area contributed by atoms with Gasteiger partial charge < -0.3 is 16.6 Å². The molecule has 0 bridgehead atoms. The van der Waals surface area contributed by atoms with Crippen molar-refractivity contribution >= 4 is 24.4 Å². The fourth-order valence-corrected chi connectivity index (χ4v) is 1.36. The molecule has 0 spiro atoms. The number of aliphatic carboxylic acids is 1. The number of carboxylic acid groups (broad SMARTS) is 1. The lowest BCUT2D eigenvalue weighted by Gasteiger charge is -2.10. The third-order valence-corrected chi connectivity index (χ3v) is 2.34. The van der Waals surface area contributed by atoms with Gasteiger partial charge in [-0.3, -0.25) is 9.59 Å². The van der Waals surface area contributed by atoms with Crippen molar-refractivity contribution in [2.45, 2.75) is 37.8 Å². The van der Waals surface area contributed by atoms with Gasteiger partial charge in [0, 0.05) is 6.42 Å². The molecular weight excluding hydrogens is 216 g/mol. The molecule has 0 aromatic carbocycles. The molecule has 0 rings (SSSR count). The zero-order chi connectivity index (χ0) is 11.8. The minimum atomic E-state index is -1.02. The van der Waals surface area contributed by atoms with Crippen LogP contribution in [0.15, 0.2) is 0 Å². The topological polar surface area (TPSA) is 106 Å². The zero-order valence-electron chi connectivity index (χ0n) is 8.56. The van der Waals surface area contributed by atoms with Crippen molar-refractivity contribution in [1.29, 1.82) is 0 Å². The third-order valence-electron chi connectivity index (χ3n) is 2.12. The number of nitrogens with two attached hydrogens (primary N) is 2. The fraction of sp³-hybridized carbons (Fsp3) is 0.778. The number of Topliss-reactive ketones (excluding diaryl/α,β-unsaturated/α-hetero) is 1. The van der Waals surface area contributed by atoms with Crippen LogP contribution < -0.4 is 11.5 Å². The van der Waals surface area contributed by atoms with E-state index in [0.29, 0.717) is 31.4 Å². The van der Waals surface area contributed by atoms with E-state index in [2.05, 4.69) is 12.6 Å². The average molecular weight is 234 g/mol. The van der Waals surface area contributed by atoms with Gasteiger partial charge in [-0.05, 0) is 25.0 Å². The summed E-state index contributed by atoms with van der Waals surface area (Å²) in [6, 6.07) is -1.38. The molecule has 6 heteroatoms. The van der Waals surface area contributed by atoms with E-state index in [1.165, 1.54) is 0 Å². The number of rotatable bonds is 8. The van der Waals surface area contributed by atoms with Crippen LogP contribution in [0.3, 0.4) is 0 Å². The van der Waals surface area contributed by atoms with Crippen molar-refractivity contribution in [2.75, 3.05) is 5.75 Å². The van der Waals surface area contributed by atoms with E-state index >= 15 is 0 Å². The van der Waals surface area contributed by atoms with Crippen molar-refractivity contribution in [3.05, 3.63) is 0 Å². The van der Waals surface area contributed by atoms with E-state index in [-0.39, 0.29) is 5.78 Å². The second-order valence-corrected chi connectivity index (χ2v) is 3.87. The van der Waals surface area contributed by atoms with Crippen LogP contribution in [-0.4, -0.2) is 34.7 Å². The summed E-state index contributed by atoms with van der Waals surface area (Å²) in [7, 11) is 0. The standard InChI is InChI=1S/C9H18N2O3S/c10-6(8(12)4-5-15)2-1-3-7(11)9(13)14/h6-7,15H,1-5,10-11H2,(H,13,14). The Bertz CT molecular complexity index is 223. The van der Waals surface area contributed by atoms with Gasteiger partial charge in [0.2, 0.25) is 0 Å².